The molecule has 0 saturated carbocycles. The van der Waals surface area contributed by atoms with Gasteiger partial charge in [0.2, 0.25) is 0 Å². The van der Waals surface area contributed by atoms with E-state index in [0.717, 1.165) is 22.0 Å². The lowest BCUT2D eigenvalue weighted by atomic mass is 9.87. The third-order valence-electron chi connectivity index (χ3n) is 3.69. The van der Waals surface area contributed by atoms with Crippen molar-refractivity contribution in [1.29, 1.82) is 0 Å². The van der Waals surface area contributed by atoms with E-state index in [1.807, 2.05) is 12.1 Å². The van der Waals surface area contributed by atoms with Crippen LogP contribution in [0, 0.1) is 5.82 Å². The first kappa shape index (κ1) is 13.6. The molecular formula is C16H15BrFNO. The lowest BCUT2D eigenvalue weighted by Crippen LogP contribution is -2.38. The lowest BCUT2D eigenvalue weighted by Gasteiger charge is -2.32. The molecule has 2 aromatic carbocycles. The minimum Gasteiger partial charge on any atom is -0.508 e. The van der Waals surface area contributed by atoms with Gasteiger partial charge in [0, 0.05) is 16.1 Å². The normalized spacial score (nSPS) is 21.6. The molecule has 2 N–H and O–H groups in total. The minimum absolute atomic E-state index is 0.178. The Labute approximate surface area is 125 Å². The number of hydrogen-bond donors (Lipinski definition) is 2. The van der Waals surface area contributed by atoms with Crippen LogP contribution >= 0.6 is 15.9 Å². The number of halogens is 2. The molecule has 0 amide bonds. The van der Waals surface area contributed by atoms with Gasteiger partial charge in [-0.15, -0.1) is 0 Å². The van der Waals surface area contributed by atoms with Gasteiger partial charge in [0.1, 0.15) is 11.6 Å². The van der Waals surface area contributed by atoms with E-state index in [4.69, 9.17) is 0 Å². The predicted octanol–water partition coefficient (Wildman–Crippen LogP) is 3.92. The molecule has 2 nitrogen and oxygen atoms in total. The van der Waals surface area contributed by atoms with Crippen molar-refractivity contribution in [2.45, 2.75) is 25.4 Å². The summed E-state index contributed by atoms with van der Waals surface area (Å²) in [6.07, 6.45) is 0.832. The van der Waals surface area contributed by atoms with E-state index in [9.17, 15) is 9.50 Å². The van der Waals surface area contributed by atoms with Crippen molar-refractivity contribution in [1.82, 2.24) is 5.32 Å². The summed E-state index contributed by atoms with van der Waals surface area (Å²) in [5, 5.41) is 13.1. The number of rotatable bonds is 1. The van der Waals surface area contributed by atoms with E-state index >= 15 is 0 Å². The first-order chi connectivity index (χ1) is 9.54. The first-order valence-corrected chi connectivity index (χ1v) is 7.36. The minimum atomic E-state index is -0.231. The zero-order chi connectivity index (χ0) is 14.3. The Hall–Kier alpha value is -1.39. The molecule has 104 valence electrons. The highest BCUT2D eigenvalue weighted by atomic mass is 79.9. The summed E-state index contributed by atoms with van der Waals surface area (Å²) in [4.78, 5) is 0. The monoisotopic (exact) mass is 335 g/mol. The van der Waals surface area contributed by atoms with Gasteiger partial charge in [0.25, 0.3) is 0 Å². The molecule has 0 bridgehead atoms. The Morgan fingerprint density at radius 3 is 2.70 bits per heavy atom. The van der Waals surface area contributed by atoms with Crippen LogP contribution in [-0.4, -0.2) is 11.1 Å². The fourth-order valence-corrected chi connectivity index (χ4v) is 3.14. The number of phenols is 1. The number of nitrogens with one attached hydrogen (secondary N) is 1. The van der Waals surface area contributed by atoms with Gasteiger partial charge < -0.3 is 10.4 Å². The summed E-state index contributed by atoms with van der Waals surface area (Å²) < 4.78 is 14.9. The van der Waals surface area contributed by atoms with E-state index in [1.165, 1.54) is 6.07 Å². The van der Waals surface area contributed by atoms with E-state index in [0.29, 0.717) is 5.56 Å². The number of fused-ring (bicyclic) bond motifs is 1. The van der Waals surface area contributed by atoms with Gasteiger partial charge >= 0.3 is 0 Å². The number of benzene rings is 2. The van der Waals surface area contributed by atoms with Gasteiger partial charge in [0.15, 0.2) is 0 Å². The maximum Gasteiger partial charge on any atom is 0.129 e. The average Bonchev–Trinajstić information content (AvgIpc) is 2.37. The van der Waals surface area contributed by atoms with Crippen LogP contribution in [0.2, 0.25) is 0 Å². The van der Waals surface area contributed by atoms with Crippen LogP contribution in [0.5, 0.6) is 5.75 Å². The van der Waals surface area contributed by atoms with Crippen LogP contribution in [0.25, 0.3) is 0 Å². The highest BCUT2D eigenvalue weighted by Gasteiger charge is 2.27. The van der Waals surface area contributed by atoms with Gasteiger partial charge in [-0.25, -0.2) is 4.39 Å². The molecule has 3 rings (SSSR count). The van der Waals surface area contributed by atoms with Crippen molar-refractivity contribution < 1.29 is 9.50 Å². The topological polar surface area (TPSA) is 32.3 Å². The number of aromatic hydroxyl groups is 1. The molecule has 2 aromatic rings. The van der Waals surface area contributed by atoms with Crippen molar-refractivity contribution in [2.24, 2.45) is 0 Å². The first-order valence-electron chi connectivity index (χ1n) is 6.57. The smallest absolute Gasteiger partial charge is 0.129 e. The largest absolute Gasteiger partial charge is 0.508 e. The molecule has 0 aliphatic carbocycles. The van der Waals surface area contributed by atoms with Crippen LogP contribution in [0.4, 0.5) is 4.39 Å². The third kappa shape index (κ3) is 2.45. The SMILES string of the molecule is C[C@@H]1Cc2cc(O)ccc2C(c2ccc(Br)cc2F)N1. The summed E-state index contributed by atoms with van der Waals surface area (Å²) in [6.45, 7) is 2.07. The molecule has 1 unspecified atom stereocenters. The Bertz CT molecular complexity index is 659. The van der Waals surface area contributed by atoms with Gasteiger partial charge in [-0.3, -0.25) is 0 Å². The molecular weight excluding hydrogens is 321 g/mol. The van der Waals surface area contributed by atoms with Crippen molar-refractivity contribution >= 4 is 15.9 Å². The second kappa shape index (κ2) is 5.19. The van der Waals surface area contributed by atoms with Crippen molar-refractivity contribution in [2.75, 3.05) is 0 Å². The molecule has 0 radical (unpaired) electrons. The summed E-state index contributed by atoms with van der Waals surface area (Å²) >= 11 is 3.28. The third-order valence-corrected chi connectivity index (χ3v) is 4.18. The Balaban J connectivity index is 2.10. The fourth-order valence-electron chi connectivity index (χ4n) is 2.81. The molecule has 1 aliphatic heterocycles. The van der Waals surface area contributed by atoms with E-state index in [1.54, 1.807) is 18.2 Å². The van der Waals surface area contributed by atoms with E-state index in [2.05, 4.69) is 28.2 Å². The van der Waals surface area contributed by atoms with Gasteiger partial charge in [-0.2, -0.15) is 0 Å². The lowest BCUT2D eigenvalue weighted by molar-refractivity contribution is 0.442. The van der Waals surface area contributed by atoms with Crippen molar-refractivity contribution in [3.05, 3.63) is 63.4 Å². The van der Waals surface area contributed by atoms with E-state index < -0.39 is 0 Å². The number of hydrogen-bond acceptors (Lipinski definition) is 2. The maximum absolute atomic E-state index is 14.2. The highest BCUT2D eigenvalue weighted by molar-refractivity contribution is 9.10. The molecule has 4 heteroatoms. The molecule has 0 spiro atoms. The van der Waals surface area contributed by atoms with Crippen LogP contribution in [0.1, 0.15) is 29.7 Å². The van der Waals surface area contributed by atoms with Crippen molar-refractivity contribution in [3.8, 4) is 5.75 Å². The van der Waals surface area contributed by atoms with Gasteiger partial charge in [-0.05, 0) is 48.7 Å². The zero-order valence-electron chi connectivity index (χ0n) is 11.0. The number of phenolic OH excluding ortho intramolecular Hbond substituents is 1. The summed E-state index contributed by atoms with van der Waals surface area (Å²) in [5.74, 6) is 0.0258. The molecule has 2 atom stereocenters. The van der Waals surface area contributed by atoms with Crippen LogP contribution in [0.15, 0.2) is 40.9 Å². The average molecular weight is 336 g/mol. The van der Waals surface area contributed by atoms with E-state index in [-0.39, 0.29) is 23.7 Å². The van der Waals surface area contributed by atoms with Crippen LogP contribution in [-0.2, 0) is 6.42 Å². The standard InChI is InChI=1S/C16H15BrFNO/c1-9-6-10-7-12(20)3-5-13(10)16(19-9)14-4-2-11(17)8-15(14)18/h2-5,7-9,16,19-20H,6H2,1H3/t9-,16?/m1/s1. The molecule has 1 heterocycles. The summed E-state index contributed by atoms with van der Waals surface area (Å²) in [7, 11) is 0. The molecule has 0 saturated heterocycles. The molecule has 20 heavy (non-hydrogen) atoms. The second-order valence-electron chi connectivity index (χ2n) is 5.25. The Morgan fingerprint density at radius 2 is 1.95 bits per heavy atom. The zero-order valence-corrected chi connectivity index (χ0v) is 12.6. The molecule has 0 fully saturated rings. The quantitative estimate of drug-likeness (QED) is 0.827. The summed E-state index contributed by atoms with van der Waals surface area (Å²) in [5.41, 5.74) is 2.73. The molecule has 1 aliphatic rings. The van der Waals surface area contributed by atoms with Crippen molar-refractivity contribution in [3.63, 3.8) is 0 Å². The van der Waals surface area contributed by atoms with Crippen LogP contribution < -0.4 is 5.32 Å². The fraction of sp³-hybridized carbons (Fsp3) is 0.250. The Kier molecular flexibility index (Phi) is 3.52. The second-order valence-corrected chi connectivity index (χ2v) is 6.17. The summed E-state index contributed by atoms with van der Waals surface area (Å²) in [6, 6.07) is 10.5. The van der Waals surface area contributed by atoms with Gasteiger partial charge in [-0.1, -0.05) is 28.1 Å². The van der Waals surface area contributed by atoms with Gasteiger partial charge in [0.05, 0.1) is 6.04 Å². The Morgan fingerprint density at radius 1 is 1.20 bits per heavy atom. The predicted molar refractivity (Wildman–Crippen MR) is 80.4 cm³/mol. The molecule has 0 aromatic heterocycles. The van der Waals surface area contributed by atoms with Crippen LogP contribution in [0.3, 0.4) is 0 Å². The highest BCUT2D eigenvalue weighted by Crippen LogP contribution is 2.34. The maximum atomic E-state index is 14.2.